The molecule has 1 aliphatic rings. The second kappa shape index (κ2) is 6.40. The van der Waals surface area contributed by atoms with Crippen molar-refractivity contribution in [2.45, 2.75) is 37.4 Å². The second-order valence-electron chi connectivity index (χ2n) is 5.47. The van der Waals surface area contributed by atoms with E-state index in [1.54, 1.807) is 18.6 Å². The Morgan fingerprint density at radius 1 is 1.30 bits per heavy atom. The van der Waals surface area contributed by atoms with Crippen LogP contribution in [0.1, 0.15) is 20.3 Å². The highest BCUT2D eigenvalue weighted by Gasteiger charge is 2.38. The Morgan fingerprint density at radius 3 is 2.30 bits per heavy atom. The minimum absolute atomic E-state index is 0.174. The average Bonchev–Trinajstić information content (AvgIpc) is 2.75. The summed E-state index contributed by atoms with van der Waals surface area (Å²) in [4.78, 5) is 10.8. The van der Waals surface area contributed by atoms with Gasteiger partial charge in [0.05, 0.1) is 13.2 Å². The second-order valence-corrected chi connectivity index (χ2v) is 7.09. The van der Waals surface area contributed by atoms with Gasteiger partial charge in [-0.05, 0) is 19.3 Å². The lowest BCUT2D eigenvalue weighted by atomic mass is 10.0. The van der Waals surface area contributed by atoms with E-state index in [1.165, 1.54) is 7.11 Å². The van der Waals surface area contributed by atoms with Crippen molar-refractivity contribution in [3.05, 3.63) is 23.8 Å². The molecule has 3 atom stereocenters. The van der Waals surface area contributed by atoms with Crippen LogP contribution in [0.3, 0.4) is 0 Å². The number of halogens is 2. The minimum Gasteiger partial charge on any atom is -0.497 e. The summed E-state index contributed by atoms with van der Waals surface area (Å²) in [5, 5.41) is 0. The predicted octanol–water partition coefficient (Wildman–Crippen LogP) is 1.59. The van der Waals surface area contributed by atoms with Gasteiger partial charge in [0, 0.05) is 12.1 Å². The lowest BCUT2D eigenvalue weighted by molar-refractivity contribution is -0.131. The minimum atomic E-state index is -4.71. The van der Waals surface area contributed by atoms with Crippen molar-refractivity contribution in [2.24, 2.45) is 5.92 Å². The summed E-state index contributed by atoms with van der Waals surface area (Å²) in [5.74, 6) is -4.03. The maximum absolute atomic E-state index is 13.9. The van der Waals surface area contributed by atoms with Gasteiger partial charge in [-0.2, -0.15) is 0 Å². The van der Waals surface area contributed by atoms with Crippen LogP contribution >= 0.6 is 0 Å². The van der Waals surface area contributed by atoms with E-state index in [4.69, 9.17) is 4.74 Å². The molecule has 1 amide bonds. The summed E-state index contributed by atoms with van der Waals surface area (Å²) in [6.45, 7) is 3.48. The zero-order chi connectivity index (χ0) is 17.4. The molecule has 0 spiro atoms. The van der Waals surface area contributed by atoms with Crippen molar-refractivity contribution >= 4 is 15.9 Å². The van der Waals surface area contributed by atoms with Gasteiger partial charge in [0.15, 0.2) is 4.90 Å². The molecule has 23 heavy (non-hydrogen) atoms. The summed E-state index contributed by atoms with van der Waals surface area (Å²) in [6.07, 6.45) is -0.592. The maximum Gasteiger partial charge on any atom is 0.269 e. The van der Waals surface area contributed by atoms with E-state index in [-0.39, 0.29) is 17.8 Å². The van der Waals surface area contributed by atoms with Gasteiger partial charge >= 0.3 is 0 Å². The molecule has 0 unspecified atom stereocenters. The molecule has 0 saturated carbocycles. The van der Waals surface area contributed by atoms with Crippen LogP contribution in [0.5, 0.6) is 5.75 Å². The number of carbonyl (C=O) groups excluding carboxylic acids is 1. The summed E-state index contributed by atoms with van der Waals surface area (Å²) >= 11 is 0. The van der Waals surface area contributed by atoms with Crippen molar-refractivity contribution in [2.75, 3.05) is 7.11 Å². The molecule has 1 heterocycles. The highest BCUT2D eigenvalue weighted by molar-refractivity contribution is 7.90. The molecule has 1 aromatic rings. The van der Waals surface area contributed by atoms with Crippen LogP contribution in [0.2, 0.25) is 0 Å². The topological polar surface area (TPSA) is 81.7 Å². The summed E-state index contributed by atoms with van der Waals surface area (Å²) < 4.78 is 63.6. The Morgan fingerprint density at radius 2 is 1.87 bits per heavy atom. The van der Waals surface area contributed by atoms with E-state index in [0.717, 1.165) is 12.1 Å². The van der Waals surface area contributed by atoms with Crippen LogP contribution in [-0.4, -0.2) is 33.6 Å². The third kappa shape index (κ3) is 3.61. The molecular weight excluding hydrogens is 332 g/mol. The first-order chi connectivity index (χ1) is 10.7. The summed E-state index contributed by atoms with van der Waals surface area (Å²) in [5.41, 5.74) is 0. The molecule has 9 heteroatoms. The number of hydrogen-bond donors (Lipinski definition) is 1. The van der Waals surface area contributed by atoms with Crippen molar-refractivity contribution < 1.29 is 31.5 Å². The molecule has 2 rings (SSSR count). The van der Waals surface area contributed by atoms with E-state index >= 15 is 0 Å². The van der Waals surface area contributed by atoms with E-state index in [0.29, 0.717) is 6.42 Å². The third-order valence-electron chi connectivity index (χ3n) is 3.57. The van der Waals surface area contributed by atoms with Crippen LogP contribution in [0.4, 0.5) is 8.78 Å². The first kappa shape index (κ1) is 17.6. The normalized spacial score (nSPS) is 24.5. The number of methoxy groups -OCH3 is 1. The molecule has 6 nitrogen and oxygen atoms in total. The zero-order valence-electron chi connectivity index (χ0n) is 12.8. The first-order valence-corrected chi connectivity index (χ1v) is 8.39. The molecule has 1 aliphatic heterocycles. The smallest absolute Gasteiger partial charge is 0.269 e. The number of nitrogens with one attached hydrogen (secondary N) is 1. The number of carbonyl (C=O) groups is 1. The molecular formula is C14H17F2NO5S. The Kier molecular flexibility index (Phi) is 4.90. The van der Waals surface area contributed by atoms with Crippen molar-refractivity contribution in [1.29, 1.82) is 0 Å². The highest BCUT2D eigenvalue weighted by Crippen LogP contribution is 2.27. The number of ether oxygens (including phenoxy) is 2. The van der Waals surface area contributed by atoms with E-state index in [2.05, 4.69) is 4.74 Å². The van der Waals surface area contributed by atoms with Gasteiger partial charge in [0.1, 0.15) is 23.5 Å². The molecule has 1 fully saturated rings. The van der Waals surface area contributed by atoms with Gasteiger partial charge in [-0.1, -0.05) is 6.92 Å². The van der Waals surface area contributed by atoms with Gasteiger partial charge in [0.2, 0.25) is 0 Å². The van der Waals surface area contributed by atoms with E-state index < -0.39 is 38.6 Å². The molecule has 1 N–H and O–H groups in total. The Labute approximate surface area is 132 Å². The quantitative estimate of drug-likeness (QED) is 0.893. The Balaban J connectivity index is 2.28. The van der Waals surface area contributed by atoms with E-state index in [1.807, 2.05) is 0 Å². The van der Waals surface area contributed by atoms with Gasteiger partial charge in [-0.3, -0.25) is 4.79 Å². The maximum atomic E-state index is 13.9. The Hall–Kier alpha value is -1.74. The molecule has 1 aromatic carbocycles. The molecule has 0 aromatic heterocycles. The number of rotatable bonds is 4. The van der Waals surface area contributed by atoms with E-state index in [9.17, 15) is 22.0 Å². The van der Waals surface area contributed by atoms with Crippen molar-refractivity contribution in [3.63, 3.8) is 0 Å². The van der Waals surface area contributed by atoms with Gasteiger partial charge in [0.25, 0.3) is 15.9 Å². The lowest BCUT2D eigenvalue weighted by Gasteiger charge is -2.15. The third-order valence-corrected chi connectivity index (χ3v) is 4.97. The standard InChI is InChI=1S/C14H17F2NO5S/c1-7-4-8(2)22-12(7)14(18)17-23(19,20)13-10(15)5-9(21-3)6-11(13)16/h5-8,12H,4H2,1-3H3,(H,17,18)/t7-,8+,12+/m0/s1. The van der Waals surface area contributed by atoms with Crippen LogP contribution < -0.4 is 9.46 Å². The molecule has 0 bridgehead atoms. The Bertz CT molecular complexity index is 699. The number of amides is 1. The SMILES string of the molecule is COc1cc(F)c(S(=O)(=O)NC(=O)[C@@H]2O[C@H](C)C[C@@H]2C)c(F)c1. The van der Waals surface area contributed by atoms with Crippen LogP contribution in [0.25, 0.3) is 0 Å². The first-order valence-electron chi connectivity index (χ1n) is 6.91. The molecule has 0 aliphatic carbocycles. The highest BCUT2D eigenvalue weighted by atomic mass is 32.2. The lowest BCUT2D eigenvalue weighted by Crippen LogP contribution is -2.41. The zero-order valence-corrected chi connectivity index (χ0v) is 13.6. The van der Waals surface area contributed by atoms with Crippen molar-refractivity contribution in [3.8, 4) is 5.75 Å². The number of sulfonamides is 1. The van der Waals surface area contributed by atoms with Gasteiger partial charge < -0.3 is 9.47 Å². The number of benzene rings is 1. The molecule has 1 saturated heterocycles. The molecule has 0 radical (unpaired) electrons. The largest absolute Gasteiger partial charge is 0.497 e. The van der Waals surface area contributed by atoms with Gasteiger partial charge in [-0.25, -0.2) is 21.9 Å². The number of hydrogen-bond acceptors (Lipinski definition) is 5. The summed E-state index contributed by atoms with van der Waals surface area (Å²) in [6, 6.07) is 1.44. The average molecular weight is 349 g/mol. The predicted molar refractivity (Wildman–Crippen MR) is 76.4 cm³/mol. The van der Waals surface area contributed by atoms with Crippen molar-refractivity contribution in [1.82, 2.24) is 4.72 Å². The molecule has 128 valence electrons. The van der Waals surface area contributed by atoms with Gasteiger partial charge in [-0.15, -0.1) is 0 Å². The summed E-state index contributed by atoms with van der Waals surface area (Å²) in [7, 11) is -3.52. The fourth-order valence-corrected chi connectivity index (χ4v) is 3.67. The monoisotopic (exact) mass is 349 g/mol. The van der Waals surface area contributed by atoms with Crippen LogP contribution in [0.15, 0.2) is 17.0 Å². The fraction of sp³-hybridized carbons (Fsp3) is 0.500. The van der Waals surface area contributed by atoms with Crippen LogP contribution in [0, 0.1) is 17.6 Å². The fourth-order valence-electron chi connectivity index (χ4n) is 2.56. The van der Waals surface area contributed by atoms with Crippen LogP contribution in [-0.2, 0) is 19.6 Å².